The second-order valence-electron chi connectivity index (χ2n) is 9.20. The zero-order valence-electron chi connectivity index (χ0n) is 18.6. The van der Waals surface area contributed by atoms with Gasteiger partial charge in [0.05, 0.1) is 18.0 Å². The van der Waals surface area contributed by atoms with E-state index in [0.29, 0.717) is 12.5 Å². The van der Waals surface area contributed by atoms with Crippen molar-refractivity contribution in [3.8, 4) is 0 Å². The molecule has 3 fully saturated rings. The van der Waals surface area contributed by atoms with Gasteiger partial charge in [-0.05, 0) is 29.1 Å². The van der Waals surface area contributed by atoms with Crippen LogP contribution in [0.25, 0.3) is 0 Å². The van der Waals surface area contributed by atoms with Crippen LogP contribution in [0.1, 0.15) is 34.1 Å². The zero-order chi connectivity index (χ0) is 22.7. The molecular formula is C27H29N2O3S+. The summed E-state index contributed by atoms with van der Waals surface area (Å²) in [5, 5.41) is 5.30. The molecule has 33 heavy (non-hydrogen) atoms. The third-order valence-corrected chi connectivity index (χ3v) is 7.95. The lowest BCUT2D eigenvalue weighted by molar-refractivity contribution is -0.938. The van der Waals surface area contributed by atoms with Crippen molar-refractivity contribution in [2.45, 2.75) is 25.0 Å². The Morgan fingerprint density at radius 2 is 1.67 bits per heavy atom. The van der Waals surface area contributed by atoms with E-state index in [4.69, 9.17) is 4.74 Å². The first-order valence-electron chi connectivity index (χ1n) is 11.6. The summed E-state index contributed by atoms with van der Waals surface area (Å²) in [6.45, 7) is 3.19. The van der Waals surface area contributed by atoms with Crippen LogP contribution in [0.4, 0.5) is 5.69 Å². The fourth-order valence-electron chi connectivity index (χ4n) is 5.24. The van der Waals surface area contributed by atoms with Gasteiger partial charge in [-0.3, -0.25) is 4.79 Å². The van der Waals surface area contributed by atoms with E-state index in [9.17, 15) is 9.59 Å². The highest BCUT2D eigenvalue weighted by Crippen LogP contribution is 2.37. The Hall–Kier alpha value is -2.96. The van der Waals surface area contributed by atoms with Crippen molar-refractivity contribution >= 4 is 28.8 Å². The molecule has 6 heteroatoms. The molecule has 0 saturated carbocycles. The Morgan fingerprint density at radius 3 is 2.33 bits per heavy atom. The SMILES string of the molecule is O=C(C[N+]12CCC(CC1)[C@@H](OC(=O)[C@@H](Nc1ccccc1)c1ccccc1)C2)c1cccs1. The topological polar surface area (TPSA) is 55.4 Å². The van der Waals surface area contributed by atoms with E-state index < -0.39 is 6.04 Å². The van der Waals surface area contributed by atoms with Gasteiger partial charge in [0, 0.05) is 24.4 Å². The molecule has 4 heterocycles. The number of carbonyl (C=O) groups excluding carboxylic acids is 2. The number of hydrogen-bond acceptors (Lipinski definition) is 5. The first-order chi connectivity index (χ1) is 16.1. The van der Waals surface area contributed by atoms with Gasteiger partial charge in [0.15, 0.2) is 12.1 Å². The van der Waals surface area contributed by atoms with E-state index in [1.54, 1.807) is 0 Å². The average molecular weight is 462 g/mol. The molecule has 2 aromatic carbocycles. The Morgan fingerprint density at radius 1 is 0.970 bits per heavy atom. The molecule has 2 atom stereocenters. The molecule has 0 amide bonds. The van der Waals surface area contributed by atoms with Crippen LogP contribution in [0.3, 0.4) is 0 Å². The Bertz CT molecular complexity index is 1080. The maximum Gasteiger partial charge on any atom is 0.333 e. The van der Waals surface area contributed by atoms with Crippen molar-refractivity contribution in [2.24, 2.45) is 5.92 Å². The summed E-state index contributed by atoms with van der Waals surface area (Å²) in [7, 11) is 0. The number of anilines is 1. The van der Waals surface area contributed by atoms with Crippen LogP contribution in [0, 0.1) is 5.92 Å². The van der Waals surface area contributed by atoms with Gasteiger partial charge in [0.1, 0.15) is 13.1 Å². The number of benzene rings is 2. The second kappa shape index (κ2) is 9.49. The van der Waals surface area contributed by atoms with Gasteiger partial charge in [-0.2, -0.15) is 0 Å². The van der Waals surface area contributed by atoms with Crippen LogP contribution in [-0.2, 0) is 9.53 Å². The number of para-hydroxylation sites is 1. The number of carbonyl (C=O) groups is 2. The van der Waals surface area contributed by atoms with E-state index in [1.165, 1.54) is 11.3 Å². The third kappa shape index (κ3) is 4.87. The first kappa shape index (κ1) is 21.9. The minimum Gasteiger partial charge on any atom is -0.454 e. The van der Waals surface area contributed by atoms with Crippen LogP contribution in [0.15, 0.2) is 78.2 Å². The van der Waals surface area contributed by atoms with E-state index in [0.717, 1.165) is 53.1 Å². The molecule has 0 aliphatic carbocycles. The lowest BCUT2D eigenvalue weighted by atomic mass is 9.83. The van der Waals surface area contributed by atoms with Crippen molar-refractivity contribution in [2.75, 3.05) is 31.5 Å². The summed E-state index contributed by atoms with van der Waals surface area (Å²) in [4.78, 5) is 27.1. The van der Waals surface area contributed by atoms with Crippen molar-refractivity contribution < 1.29 is 18.8 Å². The molecule has 3 aliphatic heterocycles. The summed E-state index contributed by atoms with van der Waals surface area (Å²) >= 11 is 1.50. The van der Waals surface area contributed by atoms with Crippen LogP contribution in [0.5, 0.6) is 0 Å². The predicted octanol–water partition coefficient (Wildman–Crippen LogP) is 4.94. The fraction of sp³-hybridized carbons (Fsp3) is 0.333. The van der Waals surface area contributed by atoms with Crippen molar-refractivity contribution in [1.82, 2.24) is 0 Å². The number of rotatable bonds is 8. The largest absolute Gasteiger partial charge is 0.454 e. The lowest BCUT2D eigenvalue weighted by Gasteiger charge is -2.51. The Labute approximate surface area is 198 Å². The standard InChI is InChI=1S/C27H29N2O3S/c30-23(25-12-7-17-33-25)18-29-15-13-20(14-16-29)24(19-29)32-27(31)26(21-8-3-1-4-9-21)28-22-10-5-2-6-11-22/h1-12,17,20,24,26,28H,13-16,18-19H2/q+1/t20?,24-,26-,29?/m0/s1. The maximum atomic E-state index is 13.4. The third-order valence-electron chi connectivity index (χ3n) is 7.04. The molecule has 3 aromatic rings. The highest BCUT2D eigenvalue weighted by Gasteiger charge is 2.49. The molecule has 3 aliphatic rings. The van der Waals surface area contributed by atoms with Gasteiger partial charge >= 0.3 is 5.97 Å². The number of esters is 1. The quantitative estimate of drug-likeness (QED) is 0.293. The molecule has 6 rings (SSSR count). The van der Waals surface area contributed by atoms with E-state index in [2.05, 4.69) is 5.32 Å². The number of ketones is 1. The molecule has 0 unspecified atom stereocenters. The highest BCUT2D eigenvalue weighted by molar-refractivity contribution is 7.12. The highest BCUT2D eigenvalue weighted by atomic mass is 32.1. The normalized spacial score (nSPS) is 24.7. The van der Waals surface area contributed by atoms with E-state index >= 15 is 0 Å². The summed E-state index contributed by atoms with van der Waals surface area (Å²) in [5.41, 5.74) is 1.76. The van der Waals surface area contributed by atoms with Crippen LogP contribution in [0.2, 0.25) is 0 Å². The molecule has 170 valence electrons. The van der Waals surface area contributed by atoms with Gasteiger partial charge in [-0.1, -0.05) is 54.6 Å². The fourth-order valence-corrected chi connectivity index (χ4v) is 5.90. The summed E-state index contributed by atoms with van der Waals surface area (Å²) in [5.74, 6) is 0.314. The molecule has 5 nitrogen and oxygen atoms in total. The molecule has 0 spiro atoms. The number of fused-ring (bicyclic) bond motifs is 3. The lowest BCUT2D eigenvalue weighted by Crippen LogP contribution is -2.65. The molecule has 1 N–H and O–H groups in total. The number of nitrogens with zero attached hydrogens (tertiary/aromatic N) is 1. The van der Waals surface area contributed by atoms with Crippen LogP contribution < -0.4 is 5.32 Å². The smallest absolute Gasteiger partial charge is 0.333 e. The predicted molar refractivity (Wildman–Crippen MR) is 130 cm³/mol. The summed E-state index contributed by atoms with van der Waals surface area (Å²) in [6.07, 6.45) is 1.84. The number of hydrogen-bond donors (Lipinski definition) is 1. The second-order valence-corrected chi connectivity index (χ2v) is 10.1. The van der Waals surface area contributed by atoms with Gasteiger partial charge in [0.2, 0.25) is 5.78 Å². The van der Waals surface area contributed by atoms with E-state index in [-0.39, 0.29) is 17.9 Å². The van der Waals surface area contributed by atoms with Gasteiger partial charge < -0.3 is 14.5 Å². The van der Waals surface area contributed by atoms with Gasteiger partial charge in [0.25, 0.3) is 0 Å². The first-order valence-corrected chi connectivity index (χ1v) is 12.5. The van der Waals surface area contributed by atoms with Crippen LogP contribution >= 0.6 is 11.3 Å². The maximum absolute atomic E-state index is 13.4. The molecule has 1 aromatic heterocycles. The van der Waals surface area contributed by atoms with Crippen LogP contribution in [-0.4, -0.2) is 48.5 Å². The average Bonchev–Trinajstić information content (AvgIpc) is 3.40. The number of Topliss-reactive ketones (excluding diaryl/α,β-unsaturated/α-hetero) is 1. The van der Waals surface area contributed by atoms with Crippen molar-refractivity contribution in [3.05, 3.63) is 88.6 Å². The number of piperidine rings is 3. The molecular weight excluding hydrogens is 432 g/mol. The Kier molecular flexibility index (Phi) is 6.29. The monoisotopic (exact) mass is 461 g/mol. The van der Waals surface area contributed by atoms with Crippen molar-refractivity contribution in [3.63, 3.8) is 0 Å². The van der Waals surface area contributed by atoms with Gasteiger partial charge in [-0.15, -0.1) is 11.3 Å². The number of quaternary nitrogens is 1. The minimum absolute atomic E-state index is 0.153. The zero-order valence-corrected chi connectivity index (χ0v) is 19.4. The number of thiophene rings is 1. The minimum atomic E-state index is -0.578. The number of ether oxygens (including phenoxy) is 1. The Balaban J connectivity index is 1.31. The summed E-state index contributed by atoms with van der Waals surface area (Å²) < 4.78 is 6.92. The summed E-state index contributed by atoms with van der Waals surface area (Å²) in [6, 6.07) is 22.7. The molecule has 3 saturated heterocycles. The molecule has 2 bridgehead atoms. The number of nitrogens with one attached hydrogen (secondary N) is 1. The van der Waals surface area contributed by atoms with Gasteiger partial charge in [-0.25, -0.2) is 4.79 Å². The van der Waals surface area contributed by atoms with Crippen molar-refractivity contribution in [1.29, 1.82) is 0 Å². The van der Waals surface area contributed by atoms with E-state index in [1.807, 2.05) is 78.2 Å². The molecule has 0 radical (unpaired) electrons.